The first-order valence-electron chi connectivity index (χ1n) is 10.4. The Hall–Kier alpha value is -3.52. The number of hydrogen-bond acceptors (Lipinski definition) is 4. The van der Waals surface area contributed by atoms with Gasteiger partial charge in [-0.05, 0) is 48.4 Å². The summed E-state index contributed by atoms with van der Waals surface area (Å²) in [5, 5.41) is 9.49. The molecular weight excluding hydrogens is 463 g/mol. The van der Waals surface area contributed by atoms with Crippen LogP contribution in [0.4, 0.5) is 13.2 Å². The van der Waals surface area contributed by atoms with Crippen LogP contribution in [0.5, 0.6) is 5.75 Å². The number of aliphatic carboxylic acids is 1. The van der Waals surface area contributed by atoms with E-state index in [-0.39, 0.29) is 17.7 Å². The fourth-order valence-electron chi connectivity index (χ4n) is 3.48. The number of rotatable bonds is 8. The third kappa shape index (κ3) is 5.88. The van der Waals surface area contributed by atoms with Crippen molar-refractivity contribution in [3.8, 4) is 5.75 Å². The first kappa shape index (κ1) is 23.6. The summed E-state index contributed by atoms with van der Waals surface area (Å²) in [4.78, 5) is 17.0. The van der Waals surface area contributed by atoms with Crippen molar-refractivity contribution in [1.82, 2.24) is 4.98 Å². The summed E-state index contributed by atoms with van der Waals surface area (Å²) in [6.07, 6.45) is -4.91. The molecule has 4 nitrogen and oxygen atoms in total. The van der Waals surface area contributed by atoms with Gasteiger partial charge in [0.2, 0.25) is 6.10 Å². The molecule has 4 rings (SSSR count). The molecule has 0 amide bonds. The highest BCUT2D eigenvalue weighted by Gasteiger charge is 2.43. The van der Waals surface area contributed by atoms with Gasteiger partial charge in [-0.1, -0.05) is 48.5 Å². The number of hydrogen-bond donors (Lipinski definition) is 1. The molecule has 1 aromatic heterocycles. The zero-order valence-electron chi connectivity index (χ0n) is 17.8. The minimum atomic E-state index is -4.60. The van der Waals surface area contributed by atoms with Crippen molar-refractivity contribution in [2.75, 3.05) is 0 Å². The van der Waals surface area contributed by atoms with Crippen molar-refractivity contribution in [2.24, 2.45) is 0 Å². The minimum absolute atomic E-state index is 0.00390. The van der Waals surface area contributed by atoms with Gasteiger partial charge in [-0.15, -0.1) is 11.8 Å². The lowest BCUT2D eigenvalue weighted by Gasteiger charge is -2.22. The van der Waals surface area contributed by atoms with Gasteiger partial charge < -0.3 is 9.84 Å². The second-order valence-electron chi connectivity index (χ2n) is 7.61. The molecule has 0 bridgehead atoms. The molecule has 0 spiro atoms. The molecule has 4 aromatic rings. The van der Waals surface area contributed by atoms with Gasteiger partial charge in [0, 0.05) is 22.0 Å². The van der Waals surface area contributed by atoms with Crippen molar-refractivity contribution in [3.63, 3.8) is 0 Å². The Bertz CT molecular complexity index is 1270. The van der Waals surface area contributed by atoms with E-state index in [0.717, 1.165) is 4.90 Å². The maximum atomic E-state index is 13.7. The predicted octanol–water partition coefficient (Wildman–Crippen LogP) is 6.71. The highest BCUT2D eigenvalue weighted by molar-refractivity contribution is 8.00. The Morgan fingerprint density at radius 3 is 2.29 bits per heavy atom. The predicted molar refractivity (Wildman–Crippen MR) is 125 cm³/mol. The third-order valence-electron chi connectivity index (χ3n) is 5.08. The van der Waals surface area contributed by atoms with Crippen molar-refractivity contribution in [2.45, 2.75) is 28.8 Å². The average molecular weight is 484 g/mol. The Balaban J connectivity index is 1.58. The number of carboxylic acids is 1. The molecule has 3 aromatic carbocycles. The van der Waals surface area contributed by atoms with Crippen LogP contribution < -0.4 is 4.74 Å². The fourth-order valence-corrected chi connectivity index (χ4v) is 4.50. The van der Waals surface area contributed by atoms with E-state index in [1.165, 1.54) is 48.2 Å². The zero-order valence-corrected chi connectivity index (χ0v) is 18.6. The molecule has 0 aliphatic carbocycles. The molecule has 2 unspecified atom stereocenters. The number of thioether (sulfide) groups is 1. The Morgan fingerprint density at radius 1 is 0.971 bits per heavy atom. The van der Waals surface area contributed by atoms with Crippen LogP contribution in [0.25, 0.3) is 10.9 Å². The molecule has 0 saturated carbocycles. The van der Waals surface area contributed by atoms with E-state index in [0.29, 0.717) is 16.5 Å². The standard InChI is InChI=1S/C26H20F3NO3S/c27-26(28,29)24(18-7-3-1-4-8-18)33-20-11-12-22-19(15-20)13-17(16-30-22)14-23(25(31)32)34-21-9-5-2-6-10-21/h1-13,15-16,23-24H,14H2,(H,31,32). The summed E-state index contributed by atoms with van der Waals surface area (Å²) in [5.41, 5.74) is 1.24. The van der Waals surface area contributed by atoms with Gasteiger partial charge in [-0.3, -0.25) is 9.78 Å². The topological polar surface area (TPSA) is 59.4 Å². The molecule has 8 heteroatoms. The van der Waals surface area contributed by atoms with Crippen molar-refractivity contribution in [1.29, 1.82) is 0 Å². The number of pyridine rings is 1. The number of carboxylic acid groups (broad SMARTS) is 1. The molecule has 174 valence electrons. The number of aromatic nitrogens is 1. The second-order valence-corrected chi connectivity index (χ2v) is 8.89. The van der Waals surface area contributed by atoms with E-state index in [1.54, 1.807) is 24.4 Å². The summed E-state index contributed by atoms with van der Waals surface area (Å²) < 4.78 is 46.4. The van der Waals surface area contributed by atoms with Gasteiger partial charge in [0.25, 0.3) is 0 Å². The quantitative estimate of drug-likeness (QED) is 0.283. The van der Waals surface area contributed by atoms with Gasteiger partial charge in [-0.25, -0.2) is 0 Å². The molecule has 0 radical (unpaired) electrons. The molecule has 0 aliphatic heterocycles. The van der Waals surface area contributed by atoms with E-state index in [4.69, 9.17) is 4.74 Å². The number of halogens is 3. The fraction of sp³-hybridized carbons (Fsp3) is 0.154. The normalized spacial score (nSPS) is 13.4. The Labute approximate surface area is 198 Å². The van der Waals surface area contributed by atoms with Crippen LogP contribution in [0.1, 0.15) is 17.2 Å². The lowest BCUT2D eigenvalue weighted by molar-refractivity contribution is -0.198. The summed E-state index contributed by atoms with van der Waals surface area (Å²) in [7, 11) is 0. The van der Waals surface area contributed by atoms with Crippen LogP contribution in [0.2, 0.25) is 0 Å². The lowest BCUT2D eigenvalue weighted by atomic mass is 10.1. The van der Waals surface area contributed by atoms with E-state index in [1.807, 2.05) is 30.3 Å². The first-order valence-corrected chi connectivity index (χ1v) is 11.3. The van der Waals surface area contributed by atoms with Crippen molar-refractivity contribution < 1.29 is 27.8 Å². The number of fused-ring (bicyclic) bond motifs is 1. The van der Waals surface area contributed by atoms with Crippen LogP contribution >= 0.6 is 11.8 Å². The molecule has 0 fully saturated rings. The smallest absolute Gasteiger partial charge is 0.429 e. The van der Waals surface area contributed by atoms with Gasteiger partial charge in [0.05, 0.1) is 5.52 Å². The Morgan fingerprint density at radius 2 is 1.65 bits per heavy atom. The monoisotopic (exact) mass is 483 g/mol. The molecule has 34 heavy (non-hydrogen) atoms. The van der Waals surface area contributed by atoms with Gasteiger partial charge in [0.1, 0.15) is 11.0 Å². The van der Waals surface area contributed by atoms with E-state index in [9.17, 15) is 23.1 Å². The lowest BCUT2D eigenvalue weighted by Crippen LogP contribution is -2.26. The van der Waals surface area contributed by atoms with Crippen molar-refractivity contribution in [3.05, 3.63) is 102 Å². The van der Waals surface area contributed by atoms with E-state index < -0.39 is 23.5 Å². The van der Waals surface area contributed by atoms with Crippen molar-refractivity contribution >= 4 is 28.6 Å². The Kier molecular flexibility index (Phi) is 7.07. The average Bonchev–Trinajstić information content (AvgIpc) is 2.82. The summed E-state index contributed by atoms with van der Waals surface area (Å²) in [6.45, 7) is 0. The van der Waals surface area contributed by atoms with E-state index >= 15 is 0 Å². The largest absolute Gasteiger partial charge is 0.480 e. The maximum absolute atomic E-state index is 13.7. The van der Waals surface area contributed by atoms with Gasteiger partial charge in [-0.2, -0.15) is 13.2 Å². The number of benzene rings is 3. The van der Waals surface area contributed by atoms with E-state index in [2.05, 4.69) is 4.98 Å². The zero-order chi connectivity index (χ0) is 24.1. The minimum Gasteiger partial charge on any atom is -0.480 e. The van der Waals surface area contributed by atoms with Crippen LogP contribution in [0, 0.1) is 0 Å². The van der Waals surface area contributed by atoms with Gasteiger partial charge >= 0.3 is 12.1 Å². The third-order valence-corrected chi connectivity index (χ3v) is 6.28. The second kappa shape index (κ2) is 10.2. The van der Waals surface area contributed by atoms with Crippen LogP contribution in [0.15, 0.2) is 96.0 Å². The van der Waals surface area contributed by atoms with Crippen LogP contribution in [0.3, 0.4) is 0 Å². The first-order chi connectivity index (χ1) is 16.3. The SMILES string of the molecule is O=C(O)C(Cc1cnc2ccc(OC(c3ccccc3)C(F)(F)F)cc2c1)Sc1ccccc1. The molecule has 1 heterocycles. The molecule has 0 aliphatic rings. The molecular formula is C26H20F3NO3S. The molecule has 1 N–H and O–H groups in total. The number of nitrogens with zero attached hydrogens (tertiary/aromatic N) is 1. The number of ether oxygens (including phenoxy) is 1. The van der Waals surface area contributed by atoms with Crippen LogP contribution in [-0.2, 0) is 11.2 Å². The van der Waals surface area contributed by atoms with Crippen LogP contribution in [-0.4, -0.2) is 27.5 Å². The molecule has 0 saturated heterocycles. The summed E-state index contributed by atoms with van der Waals surface area (Å²) in [6, 6.07) is 22.9. The summed E-state index contributed by atoms with van der Waals surface area (Å²) in [5.74, 6) is -0.909. The highest BCUT2D eigenvalue weighted by Crippen LogP contribution is 2.37. The number of alkyl halides is 3. The highest BCUT2D eigenvalue weighted by atomic mass is 32.2. The number of carbonyl (C=O) groups is 1. The maximum Gasteiger partial charge on any atom is 0.429 e. The summed E-state index contributed by atoms with van der Waals surface area (Å²) >= 11 is 1.23. The molecule has 2 atom stereocenters. The van der Waals surface area contributed by atoms with Gasteiger partial charge in [0.15, 0.2) is 0 Å².